The molecule has 0 saturated carbocycles. The van der Waals surface area contributed by atoms with Gasteiger partial charge in [-0.2, -0.15) is 0 Å². The van der Waals surface area contributed by atoms with Gasteiger partial charge in [0.25, 0.3) is 0 Å². The van der Waals surface area contributed by atoms with Crippen molar-refractivity contribution in [1.82, 2.24) is 40.4 Å². The van der Waals surface area contributed by atoms with Gasteiger partial charge >= 0.3 is 12.2 Å². The number of fused-ring (bicyclic) bond motifs is 2. The third-order valence-electron chi connectivity index (χ3n) is 15.4. The number of nitrogens with one attached hydrogen (secondary N) is 4. The highest BCUT2D eigenvalue weighted by molar-refractivity contribution is 5.88. The number of likely N-dealkylation sites (tertiary alicyclic amines) is 2. The zero-order chi connectivity index (χ0) is 49.6. The number of anilines is 2. The van der Waals surface area contributed by atoms with Crippen LogP contribution in [0.5, 0.6) is 0 Å². The highest BCUT2D eigenvalue weighted by Gasteiger charge is 2.41. The summed E-state index contributed by atoms with van der Waals surface area (Å²) in [7, 11) is 2.58. The average Bonchev–Trinajstić information content (AvgIpc) is 4.20. The van der Waals surface area contributed by atoms with Crippen molar-refractivity contribution in [2.45, 2.75) is 129 Å². The van der Waals surface area contributed by atoms with Crippen LogP contribution in [0.15, 0.2) is 54.6 Å². The Labute approximate surface area is 409 Å². The number of benzene rings is 3. The van der Waals surface area contributed by atoms with Crippen molar-refractivity contribution in [3.63, 3.8) is 0 Å². The summed E-state index contributed by atoms with van der Waals surface area (Å²) in [5.74, 6) is 0.546. The molecule has 9 rings (SSSR count). The minimum atomic E-state index is -0.735. The highest BCUT2D eigenvalue weighted by atomic mass is 19.1. The molecule has 4 saturated heterocycles. The van der Waals surface area contributed by atoms with Crippen LogP contribution in [0.25, 0.3) is 22.1 Å². The van der Waals surface area contributed by atoms with Gasteiger partial charge in [-0.25, -0.2) is 23.9 Å². The highest BCUT2D eigenvalue weighted by Crippen LogP contribution is 2.49. The molecule has 6 atom stereocenters. The molecule has 4 aliphatic heterocycles. The number of carbonyl (C=O) groups excluding carboxylic acids is 4. The van der Waals surface area contributed by atoms with Crippen LogP contribution in [-0.4, -0.2) is 106 Å². The number of rotatable bonds is 12. The molecule has 3 aromatic carbocycles. The first kappa shape index (κ1) is 48.6. The molecule has 0 radical (unpaired) electrons. The Morgan fingerprint density at radius 1 is 0.657 bits per heavy atom. The van der Waals surface area contributed by atoms with Crippen molar-refractivity contribution in [2.75, 3.05) is 50.2 Å². The van der Waals surface area contributed by atoms with Crippen molar-refractivity contribution in [2.24, 2.45) is 17.3 Å². The normalized spacial score (nSPS) is 22.3. The van der Waals surface area contributed by atoms with Gasteiger partial charge in [0.2, 0.25) is 11.8 Å². The Bertz CT molecular complexity index is 2600. The van der Waals surface area contributed by atoms with Crippen LogP contribution in [0.1, 0.15) is 140 Å². The van der Waals surface area contributed by atoms with E-state index in [0.717, 1.165) is 103 Å². The van der Waals surface area contributed by atoms with Gasteiger partial charge in [0.15, 0.2) is 0 Å². The second-order valence-electron chi connectivity index (χ2n) is 21.2. The number of hydrogen-bond acceptors (Lipinski definition) is 10. The molecular weight excluding hydrogens is 892 g/mol. The predicted octanol–water partition coefficient (Wildman–Crippen LogP) is 9.38. The minimum Gasteiger partial charge on any atom is -0.453 e. The van der Waals surface area contributed by atoms with E-state index in [-0.39, 0.29) is 59.0 Å². The maximum atomic E-state index is 16.6. The van der Waals surface area contributed by atoms with Crippen LogP contribution in [-0.2, 0) is 19.1 Å². The Morgan fingerprint density at radius 3 is 1.73 bits per heavy atom. The zero-order valence-electron chi connectivity index (χ0n) is 41.8. The molecule has 374 valence electrons. The maximum Gasteiger partial charge on any atom is 0.407 e. The molecule has 4 amide bonds. The monoisotopic (exact) mass is 961 g/mol. The molecule has 4 aliphatic rings. The smallest absolute Gasteiger partial charge is 0.407 e. The summed E-state index contributed by atoms with van der Waals surface area (Å²) < 4.78 is 26.2. The predicted molar refractivity (Wildman–Crippen MR) is 267 cm³/mol. The second-order valence-corrected chi connectivity index (χ2v) is 21.2. The van der Waals surface area contributed by atoms with Gasteiger partial charge in [-0.1, -0.05) is 53.7 Å². The summed E-state index contributed by atoms with van der Waals surface area (Å²) in [6.07, 6.45) is 5.42. The third-order valence-corrected chi connectivity index (χ3v) is 15.4. The number of H-pyrrole nitrogens is 2. The summed E-state index contributed by atoms with van der Waals surface area (Å²) >= 11 is 0. The van der Waals surface area contributed by atoms with Gasteiger partial charge in [-0.05, 0) is 122 Å². The van der Waals surface area contributed by atoms with E-state index >= 15 is 4.39 Å². The Morgan fingerprint density at radius 2 is 1.19 bits per heavy atom. The van der Waals surface area contributed by atoms with Crippen LogP contribution in [0.3, 0.4) is 0 Å². The quantitative estimate of drug-likeness (QED) is 0.0941. The van der Waals surface area contributed by atoms with E-state index in [9.17, 15) is 19.2 Å². The molecule has 4 fully saturated rings. The van der Waals surface area contributed by atoms with Crippen molar-refractivity contribution in [3.05, 3.63) is 83.2 Å². The molecule has 0 aliphatic carbocycles. The van der Waals surface area contributed by atoms with Gasteiger partial charge < -0.3 is 49.7 Å². The van der Waals surface area contributed by atoms with E-state index in [1.165, 1.54) is 14.2 Å². The van der Waals surface area contributed by atoms with Crippen LogP contribution in [0, 0.1) is 23.1 Å². The van der Waals surface area contributed by atoms with Crippen molar-refractivity contribution >= 4 is 57.4 Å². The molecule has 16 nitrogen and oxygen atoms in total. The third kappa shape index (κ3) is 9.59. The van der Waals surface area contributed by atoms with Crippen molar-refractivity contribution < 1.29 is 33.0 Å². The van der Waals surface area contributed by atoms with E-state index in [0.29, 0.717) is 30.4 Å². The summed E-state index contributed by atoms with van der Waals surface area (Å²) in [4.78, 5) is 77.7. The number of carbonyl (C=O) groups is 4. The molecule has 0 spiro atoms. The zero-order valence-corrected chi connectivity index (χ0v) is 41.8. The molecule has 0 bridgehead atoms. The first-order valence-electron chi connectivity index (χ1n) is 25.2. The lowest BCUT2D eigenvalue weighted by Crippen LogP contribution is -2.51. The molecule has 4 N–H and O–H groups in total. The molecule has 5 aromatic rings. The van der Waals surface area contributed by atoms with Gasteiger partial charge in [0.05, 0.1) is 66.1 Å². The van der Waals surface area contributed by atoms with E-state index in [2.05, 4.69) is 80.6 Å². The second kappa shape index (κ2) is 19.8. The van der Waals surface area contributed by atoms with Gasteiger partial charge in [-0.3, -0.25) is 9.59 Å². The number of alkyl carbamates (subject to hydrolysis) is 2. The lowest BCUT2D eigenvalue weighted by Gasteiger charge is -2.39. The first-order valence-corrected chi connectivity index (χ1v) is 25.2. The van der Waals surface area contributed by atoms with Crippen LogP contribution in [0.2, 0.25) is 0 Å². The fourth-order valence-corrected chi connectivity index (χ4v) is 11.3. The number of imidazole rings is 2. The summed E-state index contributed by atoms with van der Waals surface area (Å²) in [6, 6.07) is 16.0. The average molecular weight is 961 g/mol. The number of nitrogens with zero attached hydrogens (tertiary/aromatic N) is 6. The lowest BCUT2D eigenvalue weighted by molar-refractivity contribution is -0.136. The fraction of sp³-hybridized carbons (Fsp3) is 0.547. The Balaban J connectivity index is 1.02. The number of ether oxygens (including phenoxy) is 2. The largest absolute Gasteiger partial charge is 0.453 e. The molecule has 70 heavy (non-hydrogen) atoms. The number of piperidine rings is 1. The minimum absolute atomic E-state index is 0.112. The number of aromatic nitrogens is 4. The lowest BCUT2D eigenvalue weighted by atomic mass is 9.82. The van der Waals surface area contributed by atoms with E-state index in [4.69, 9.17) is 19.4 Å². The SMILES string of the molecule is COC(=O)N[C@H](C(=O)N1CCC[C@H]1c1nc2cc([C@H]3CC[C@H](c4ccc5nc([C@@H]6CCCN6C(=O)[C@@H](NC(=O)OC)C(C)C)[nH]c5c4)N3c3ccc(N4CCC(C)(C)CC4)c(F)c3)ccc2[nH]1)C(C)C. The number of hydrogen-bond donors (Lipinski definition) is 4. The Kier molecular flexibility index (Phi) is 13.7. The maximum absolute atomic E-state index is 16.6. The van der Waals surface area contributed by atoms with Crippen LogP contribution in [0.4, 0.5) is 25.4 Å². The molecule has 2 aromatic heterocycles. The van der Waals surface area contributed by atoms with Crippen molar-refractivity contribution in [1.29, 1.82) is 0 Å². The number of amides is 4. The summed E-state index contributed by atoms with van der Waals surface area (Å²) in [6.45, 7) is 14.9. The summed E-state index contributed by atoms with van der Waals surface area (Å²) in [5.41, 5.74) is 7.04. The first-order chi connectivity index (χ1) is 33.5. The topological polar surface area (TPSA) is 181 Å². The number of aromatic amines is 2. The van der Waals surface area contributed by atoms with Gasteiger partial charge in [0.1, 0.15) is 29.5 Å². The summed E-state index contributed by atoms with van der Waals surface area (Å²) in [5, 5.41) is 5.47. The molecule has 6 heterocycles. The van der Waals surface area contributed by atoms with E-state index in [1.807, 2.05) is 49.6 Å². The van der Waals surface area contributed by atoms with Crippen LogP contribution < -0.4 is 20.4 Å². The Hall–Kier alpha value is -6.39. The molecular formula is C53H69FN10O6. The van der Waals surface area contributed by atoms with Crippen molar-refractivity contribution in [3.8, 4) is 0 Å². The van der Waals surface area contributed by atoms with E-state index in [1.54, 1.807) is 6.07 Å². The number of methoxy groups -OCH3 is 2. The molecule has 0 unspecified atom stereocenters. The van der Waals surface area contributed by atoms with Crippen LogP contribution >= 0.6 is 0 Å². The van der Waals surface area contributed by atoms with E-state index < -0.39 is 24.3 Å². The molecule has 17 heteroatoms. The fourth-order valence-electron chi connectivity index (χ4n) is 11.3. The van der Waals surface area contributed by atoms with Gasteiger partial charge in [-0.15, -0.1) is 0 Å². The van der Waals surface area contributed by atoms with Gasteiger partial charge in [0, 0.05) is 31.9 Å². The number of halogens is 1. The standard InChI is InChI=1S/C53H69FN10O6/c1-30(2)45(59-51(67)69-7)49(65)62-23-9-11-43(62)47-55-36-16-13-32(27-38(36)57-47)40-19-20-41(64(40)34-15-18-42(35(54)29-34)61-25-21-53(5,6)22-26-61)33-14-17-37-39(28-33)58-48(56-37)44-12-10-24-63(44)50(66)46(31(3)4)60-52(68)70-8/h13-18,27-31,40-41,43-46H,9-12,19-26H2,1-8H3,(H,55,57)(H,56,58)(H,59,67)(H,60,68)/t40-,41-,43+,44+,45+,46+/m1/s1.